The zero-order valence-corrected chi connectivity index (χ0v) is 23.1. The number of rotatable bonds is 8. The number of carbonyl (C=O) groups excluding carboxylic acids is 1. The van der Waals surface area contributed by atoms with E-state index >= 15 is 0 Å². The van der Waals surface area contributed by atoms with Crippen molar-refractivity contribution in [2.24, 2.45) is 10.9 Å². The minimum atomic E-state index is 0. The third kappa shape index (κ3) is 8.79. The van der Waals surface area contributed by atoms with Crippen molar-refractivity contribution in [2.75, 3.05) is 33.3 Å². The molecule has 0 bridgehead atoms. The maximum absolute atomic E-state index is 12.6. The lowest BCUT2D eigenvalue weighted by molar-refractivity contribution is -0.136. The molecule has 0 aromatic heterocycles. The molecule has 1 aromatic rings. The van der Waals surface area contributed by atoms with E-state index in [-0.39, 0.29) is 35.3 Å². The number of likely N-dealkylation sites (tertiary alicyclic amines) is 1. The van der Waals surface area contributed by atoms with Crippen LogP contribution in [0, 0.1) is 5.92 Å². The Hall–Kier alpha value is -1.51. The van der Waals surface area contributed by atoms with E-state index in [1.165, 1.54) is 5.56 Å². The Morgan fingerprint density at radius 1 is 1.22 bits per heavy atom. The van der Waals surface area contributed by atoms with Crippen LogP contribution in [-0.2, 0) is 10.2 Å². The topological polar surface area (TPSA) is 66.0 Å². The second-order valence-electron chi connectivity index (χ2n) is 9.38. The van der Waals surface area contributed by atoms with Crippen LogP contribution < -0.4 is 15.4 Å². The number of amides is 1. The van der Waals surface area contributed by atoms with Crippen molar-refractivity contribution >= 4 is 35.8 Å². The van der Waals surface area contributed by atoms with E-state index in [1.807, 2.05) is 17.0 Å². The average molecular weight is 559 g/mol. The first kappa shape index (κ1) is 28.5. The van der Waals surface area contributed by atoms with Crippen LogP contribution in [0.3, 0.4) is 0 Å². The van der Waals surface area contributed by atoms with Gasteiger partial charge in [0.2, 0.25) is 5.91 Å². The molecule has 1 aliphatic rings. The standard InChI is InChI=1S/C25H42N4O2.HI/c1-7-19(8-2)23(30)29-15-12-21(13-16-29)28-24(26-6)27-14-17-31-22-11-9-10-20(18-22)25(3,4)5;/h9-11,18-19,21H,7-8,12-17H2,1-6H3,(H2,26,27,28);1H. The van der Waals surface area contributed by atoms with Crippen LogP contribution in [0.25, 0.3) is 0 Å². The van der Waals surface area contributed by atoms with Gasteiger partial charge in [0.05, 0.1) is 6.54 Å². The predicted molar refractivity (Wildman–Crippen MR) is 144 cm³/mol. The maximum Gasteiger partial charge on any atom is 0.225 e. The molecule has 0 radical (unpaired) electrons. The van der Waals surface area contributed by atoms with Gasteiger partial charge in [-0.05, 0) is 48.8 Å². The van der Waals surface area contributed by atoms with Gasteiger partial charge < -0.3 is 20.3 Å². The molecule has 1 heterocycles. The molecule has 2 rings (SSSR count). The number of halogens is 1. The number of hydrogen-bond acceptors (Lipinski definition) is 3. The van der Waals surface area contributed by atoms with Gasteiger partial charge >= 0.3 is 0 Å². The summed E-state index contributed by atoms with van der Waals surface area (Å²) in [6.07, 6.45) is 3.74. The summed E-state index contributed by atoms with van der Waals surface area (Å²) in [5, 5.41) is 6.83. The Bertz CT molecular complexity index is 721. The van der Waals surface area contributed by atoms with Crippen molar-refractivity contribution in [1.82, 2.24) is 15.5 Å². The van der Waals surface area contributed by atoms with Crippen LogP contribution in [0.2, 0.25) is 0 Å². The van der Waals surface area contributed by atoms with E-state index in [4.69, 9.17) is 4.74 Å². The molecule has 1 aliphatic heterocycles. The minimum Gasteiger partial charge on any atom is -0.492 e. The first-order valence-electron chi connectivity index (χ1n) is 11.8. The van der Waals surface area contributed by atoms with Crippen molar-refractivity contribution < 1.29 is 9.53 Å². The summed E-state index contributed by atoms with van der Waals surface area (Å²) in [7, 11) is 1.79. The van der Waals surface area contributed by atoms with Gasteiger partial charge in [-0.2, -0.15) is 0 Å². The van der Waals surface area contributed by atoms with Gasteiger partial charge in [0.15, 0.2) is 5.96 Å². The van der Waals surface area contributed by atoms with Gasteiger partial charge in [-0.25, -0.2) is 0 Å². The van der Waals surface area contributed by atoms with Crippen LogP contribution in [0.1, 0.15) is 65.9 Å². The number of benzene rings is 1. The van der Waals surface area contributed by atoms with E-state index in [0.717, 1.165) is 50.5 Å². The molecule has 0 aliphatic carbocycles. The molecule has 0 spiro atoms. The van der Waals surface area contributed by atoms with Crippen LogP contribution in [0.4, 0.5) is 0 Å². The quantitative estimate of drug-likeness (QED) is 0.212. The number of nitrogens with one attached hydrogen (secondary N) is 2. The molecule has 0 saturated carbocycles. The van der Waals surface area contributed by atoms with Crippen LogP contribution in [0.15, 0.2) is 29.3 Å². The molecule has 1 saturated heterocycles. The number of aliphatic imine (C=N–C) groups is 1. The van der Waals surface area contributed by atoms with Crippen LogP contribution >= 0.6 is 24.0 Å². The fourth-order valence-electron chi connectivity index (χ4n) is 3.92. The van der Waals surface area contributed by atoms with Crippen molar-refractivity contribution in [3.05, 3.63) is 29.8 Å². The summed E-state index contributed by atoms with van der Waals surface area (Å²) in [6.45, 7) is 13.7. The highest BCUT2D eigenvalue weighted by molar-refractivity contribution is 14.0. The minimum absolute atomic E-state index is 0. The summed E-state index contributed by atoms with van der Waals surface area (Å²) in [5.74, 6) is 2.17. The molecule has 1 amide bonds. The van der Waals surface area contributed by atoms with Gasteiger partial charge in [-0.15, -0.1) is 24.0 Å². The zero-order chi connectivity index (χ0) is 22.9. The Labute approximate surface area is 212 Å². The smallest absolute Gasteiger partial charge is 0.225 e. The van der Waals surface area contributed by atoms with E-state index < -0.39 is 0 Å². The molecule has 0 atom stereocenters. The Balaban J connectivity index is 0.00000512. The molecular weight excluding hydrogens is 515 g/mol. The summed E-state index contributed by atoms with van der Waals surface area (Å²) in [5.41, 5.74) is 1.38. The van der Waals surface area contributed by atoms with Crippen molar-refractivity contribution in [3.8, 4) is 5.75 Å². The largest absolute Gasteiger partial charge is 0.492 e. The molecule has 1 aromatic carbocycles. The van der Waals surface area contributed by atoms with Gasteiger partial charge in [0, 0.05) is 32.1 Å². The fourth-order valence-corrected chi connectivity index (χ4v) is 3.92. The van der Waals surface area contributed by atoms with E-state index in [9.17, 15) is 4.79 Å². The summed E-state index contributed by atoms with van der Waals surface area (Å²) in [6, 6.07) is 8.63. The third-order valence-corrected chi connectivity index (χ3v) is 6.07. The number of guanidine groups is 1. The van der Waals surface area contributed by atoms with Crippen LogP contribution in [0.5, 0.6) is 5.75 Å². The summed E-state index contributed by atoms with van der Waals surface area (Å²) >= 11 is 0. The number of carbonyl (C=O) groups is 1. The highest BCUT2D eigenvalue weighted by Crippen LogP contribution is 2.25. The van der Waals surface area contributed by atoms with Crippen molar-refractivity contribution in [3.63, 3.8) is 0 Å². The van der Waals surface area contributed by atoms with Gasteiger partial charge in [-0.3, -0.25) is 9.79 Å². The van der Waals surface area contributed by atoms with Crippen molar-refractivity contribution in [2.45, 2.75) is 71.8 Å². The number of nitrogens with zero attached hydrogens (tertiary/aromatic N) is 2. The number of hydrogen-bond donors (Lipinski definition) is 2. The lowest BCUT2D eigenvalue weighted by atomic mass is 9.87. The highest BCUT2D eigenvalue weighted by Gasteiger charge is 2.26. The second kappa shape index (κ2) is 13.9. The Kier molecular flexibility index (Phi) is 12.4. The SMILES string of the molecule is CCC(CC)C(=O)N1CCC(NC(=NC)NCCOc2cccc(C(C)(C)C)c2)CC1.I. The number of piperidine rings is 1. The Morgan fingerprint density at radius 3 is 2.44 bits per heavy atom. The molecule has 6 nitrogen and oxygen atoms in total. The van der Waals surface area contributed by atoms with E-state index in [1.54, 1.807) is 7.05 Å². The predicted octanol–water partition coefficient (Wildman–Crippen LogP) is 4.57. The zero-order valence-electron chi connectivity index (χ0n) is 20.7. The second-order valence-corrected chi connectivity index (χ2v) is 9.38. The van der Waals surface area contributed by atoms with Crippen LogP contribution in [-0.4, -0.2) is 56.1 Å². The van der Waals surface area contributed by atoms with E-state index in [2.05, 4.69) is 62.4 Å². The average Bonchev–Trinajstić information content (AvgIpc) is 2.76. The van der Waals surface area contributed by atoms with Crippen molar-refractivity contribution in [1.29, 1.82) is 0 Å². The molecule has 1 fully saturated rings. The van der Waals surface area contributed by atoms with E-state index in [0.29, 0.717) is 25.1 Å². The summed E-state index contributed by atoms with van der Waals surface area (Å²) in [4.78, 5) is 18.9. The van der Waals surface area contributed by atoms with Gasteiger partial charge in [0.1, 0.15) is 12.4 Å². The first-order valence-corrected chi connectivity index (χ1v) is 11.8. The molecular formula is C25H43IN4O2. The maximum atomic E-state index is 12.6. The molecule has 0 unspecified atom stereocenters. The molecule has 182 valence electrons. The van der Waals surface area contributed by atoms with Gasteiger partial charge in [-0.1, -0.05) is 46.8 Å². The monoisotopic (exact) mass is 558 g/mol. The molecule has 7 heteroatoms. The number of ether oxygens (including phenoxy) is 1. The third-order valence-electron chi connectivity index (χ3n) is 6.07. The summed E-state index contributed by atoms with van der Waals surface area (Å²) < 4.78 is 5.92. The normalized spacial score (nSPS) is 15.3. The fraction of sp³-hybridized carbons (Fsp3) is 0.680. The Morgan fingerprint density at radius 2 is 1.88 bits per heavy atom. The molecule has 32 heavy (non-hydrogen) atoms. The molecule has 2 N–H and O–H groups in total. The highest BCUT2D eigenvalue weighted by atomic mass is 127. The van der Waals surface area contributed by atoms with Gasteiger partial charge in [0.25, 0.3) is 0 Å². The first-order chi connectivity index (χ1) is 14.8. The lowest BCUT2D eigenvalue weighted by Crippen LogP contribution is -2.51. The lowest BCUT2D eigenvalue weighted by Gasteiger charge is -2.34.